The van der Waals surface area contributed by atoms with Gasteiger partial charge in [0.05, 0.1) is 22.7 Å². The number of nitrogens with zero attached hydrogens (tertiary/aromatic N) is 2. The van der Waals surface area contributed by atoms with E-state index in [4.69, 9.17) is 12.2 Å². The van der Waals surface area contributed by atoms with Gasteiger partial charge in [-0.2, -0.15) is 0 Å². The number of para-hydroxylation sites is 1. The van der Waals surface area contributed by atoms with Crippen molar-refractivity contribution in [2.45, 2.75) is 6.54 Å². The lowest BCUT2D eigenvalue weighted by atomic mass is 10.1. The molecule has 0 unspecified atom stereocenters. The van der Waals surface area contributed by atoms with E-state index in [0.29, 0.717) is 21.3 Å². The molecule has 2 heterocycles. The molecule has 2 aliphatic heterocycles. The van der Waals surface area contributed by atoms with Gasteiger partial charge < -0.3 is 4.90 Å². The Morgan fingerprint density at radius 1 is 0.960 bits per heavy atom. The molecule has 0 atom stereocenters. The average Bonchev–Trinajstić information content (AvgIpc) is 3.04. The molecule has 0 aliphatic carbocycles. The van der Waals surface area contributed by atoms with Gasteiger partial charge >= 0.3 is 0 Å². The topological polar surface area (TPSA) is 40.6 Å². The van der Waals surface area contributed by atoms with Gasteiger partial charge in [0.2, 0.25) is 0 Å². The Hall–Kier alpha value is -2.44. The Labute approximate surface area is 155 Å². The monoisotopic (exact) mass is 366 g/mol. The zero-order valence-electron chi connectivity index (χ0n) is 13.4. The number of thiocarbonyl (C=S) groups is 1. The first-order valence-electron chi connectivity index (χ1n) is 7.77. The fourth-order valence-electron chi connectivity index (χ4n) is 3.04. The summed E-state index contributed by atoms with van der Waals surface area (Å²) in [5, 5.41) is 0. The van der Waals surface area contributed by atoms with Crippen LogP contribution in [0.2, 0.25) is 0 Å². The van der Waals surface area contributed by atoms with Gasteiger partial charge in [0.25, 0.3) is 11.8 Å². The van der Waals surface area contributed by atoms with E-state index in [1.165, 1.54) is 11.8 Å². The van der Waals surface area contributed by atoms with E-state index < -0.39 is 0 Å². The third kappa shape index (κ3) is 2.58. The molecule has 1 saturated heterocycles. The molecule has 1 fully saturated rings. The van der Waals surface area contributed by atoms with Crippen molar-refractivity contribution in [2.75, 3.05) is 11.9 Å². The normalized spacial score (nSPS) is 19.8. The summed E-state index contributed by atoms with van der Waals surface area (Å²) >= 11 is 6.61. The summed E-state index contributed by atoms with van der Waals surface area (Å²) in [6.07, 6.45) is 0. The van der Waals surface area contributed by atoms with Crippen LogP contribution >= 0.6 is 24.0 Å². The summed E-state index contributed by atoms with van der Waals surface area (Å²) < 4.78 is 0.483. The maximum atomic E-state index is 13.0. The number of anilines is 1. The standard InChI is InChI=1S/C19H14N2O2S2/c1-20-14-10-6-5-9-13(14)15(17(20)22)16-18(23)21(19(24)25-16)11-12-7-3-2-4-8-12/h2-10H,11H2,1H3. The van der Waals surface area contributed by atoms with Crippen LogP contribution in [-0.2, 0) is 16.1 Å². The van der Waals surface area contributed by atoms with Gasteiger partial charge in [-0.1, -0.05) is 72.5 Å². The molecular formula is C19H14N2O2S2. The maximum absolute atomic E-state index is 13.0. The zero-order chi connectivity index (χ0) is 17.6. The number of thioether (sulfide) groups is 1. The molecule has 0 aromatic heterocycles. The van der Waals surface area contributed by atoms with E-state index in [9.17, 15) is 9.59 Å². The van der Waals surface area contributed by atoms with Crippen molar-refractivity contribution >= 4 is 51.4 Å². The zero-order valence-corrected chi connectivity index (χ0v) is 15.1. The second-order valence-electron chi connectivity index (χ2n) is 5.83. The first kappa shape index (κ1) is 16.1. The third-order valence-corrected chi connectivity index (χ3v) is 5.76. The highest BCUT2D eigenvalue weighted by molar-refractivity contribution is 8.26. The van der Waals surface area contributed by atoms with Crippen LogP contribution in [0.25, 0.3) is 5.57 Å². The number of hydrogen-bond acceptors (Lipinski definition) is 4. The predicted molar refractivity (Wildman–Crippen MR) is 104 cm³/mol. The average molecular weight is 366 g/mol. The number of carbonyl (C=O) groups is 2. The lowest BCUT2D eigenvalue weighted by Gasteiger charge is -2.14. The van der Waals surface area contributed by atoms with E-state index in [1.807, 2.05) is 54.6 Å². The summed E-state index contributed by atoms with van der Waals surface area (Å²) in [5.41, 5.74) is 3.05. The van der Waals surface area contributed by atoms with E-state index in [0.717, 1.165) is 16.8 Å². The van der Waals surface area contributed by atoms with Crippen molar-refractivity contribution in [1.82, 2.24) is 4.90 Å². The minimum atomic E-state index is -0.202. The number of hydrogen-bond donors (Lipinski definition) is 0. The number of rotatable bonds is 2. The SMILES string of the molecule is CN1C(=O)C(=C2SC(=S)N(Cc3ccccc3)C2=O)c2ccccc21. The smallest absolute Gasteiger partial charge is 0.267 e. The molecule has 2 aromatic rings. The van der Waals surface area contributed by atoms with Gasteiger partial charge in [-0.05, 0) is 11.6 Å². The Bertz CT molecular complexity index is 937. The first-order chi connectivity index (χ1) is 12.1. The van der Waals surface area contributed by atoms with Crippen molar-refractivity contribution in [3.05, 3.63) is 70.6 Å². The molecule has 6 heteroatoms. The van der Waals surface area contributed by atoms with Gasteiger partial charge in [-0.25, -0.2) is 0 Å². The Kier molecular flexibility index (Phi) is 3.94. The van der Waals surface area contributed by atoms with Crippen LogP contribution in [0, 0.1) is 0 Å². The fraction of sp³-hybridized carbons (Fsp3) is 0.105. The molecule has 0 radical (unpaired) electrons. The largest absolute Gasteiger partial charge is 0.311 e. The third-order valence-electron chi connectivity index (χ3n) is 4.31. The van der Waals surface area contributed by atoms with E-state index in [1.54, 1.807) is 16.8 Å². The van der Waals surface area contributed by atoms with Crippen molar-refractivity contribution in [3.8, 4) is 0 Å². The molecule has 0 N–H and O–H groups in total. The van der Waals surface area contributed by atoms with Crippen molar-refractivity contribution in [3.63, 3.8) is 0 Å². The highest BCUT2D eigenvalue weighted by Gasteiger charge is 2.40. The first-order valence-corrected chi connectivity index (χ1v) is 8.99. The summed E-state index contributed by atoms with van der Waals surface area (Å²) in [6, 6.07) is 17.2. The molecule has 0 spiro atoms. The number of likely N-dealkylation sites (N-methyl/N-ethyl adjacent to an activating group) is 1. The Morgan fingerprint density at radius 3 is 2.40 bits per heavy atom. The lowest BCUT2D eigenvalue weighted by molar-refractivity contribution is -0.122. The highest BCUT2D eigenvalue weighted by atomic mass is 32.2. The van der Waals surface area contributed by atoms with Crippen molar-refractivity contribution in [1.29, 1.82) is 0 Å². The number of benzene rings is 2. The van der Waals surface area contributed by atoms with Gasteiger partial charge in [-0.3, -0.25) is 14.5 Å². The van der Waals surface area contributed by atoms with Crippen LogP contribution in [0.4, 0.5) is 5.69 Å². The van der Waals surface area contributed by atoms with Crippen molar-refractivity contribution in [2.24, 2.45) is 0 Å². The summed E-state index contributed by atoms with van der Waals surface area (Å²) in [7, 11) is 1.72. The second-order valence-corrected chi connectivity index (χ2v) is 7.47. The Morgan fingerprint density at radius 2 is 1.64 bits per heavy atom. The van der Waals surface area contributed by atoms with Crippen LogP contribution in [0.1, 0.15) is 11.1 Å². The number of carbonyl (C=O) groups excluding carboxylic acids is 2. The predicted octanol–water partition coefficient (Wildman–Crippen LogP) is 3.43. The molecule has 2 aromatic carbocycles. The summed E-state index contributed by atoms with van der Waals surface area (Å²) in [5.74, 6) is -0.367. The summed E-state index contributed by atoms with van der Waals surface area (Å²) in [6.45, 7) is 0.411. The van der Waals surface area contributed by atoms with Crippen LogP contribution < -0.4 is 4.90 Å². The molecule has 0 saturated carbocycles. The van der Waals surface area contributed by atoms with Gasteiger partial charge in [0, 0.05) is 12.6 Å². The highest BCUT2D eigenvalue weighted by Crippen LogP contribution is 2.44. The maximum Gasteiger partial charge on any atom is 0.267 e. The van der Waals surface area contributed by atoms with Crippen LogP contribution in [0.15, 0.2) is 59.5 Å². The van der Waals surface area contributed by atoms with Crippen LogP contribution in [0.3, 0.4) is 0 Å². The summed E-state index contributed by atoms with van der Waals surface area (Å²) in [4.78, 5) is 29.2. The molecule has 124 valence electrons. The lowest BCUT2D eigenvalue weighted by Crippen LogP contribution is -2.28. The molecule has 25 heavy (non-hydrogen) atoms. The molecule has 4 rings (SSSR count). The minimum absolute atomic E-state index is 0.165. The quantitative estimate of drug-likeness (QED) is 0.603. The molecule has 2 amide bonds. The Balaban J connectivity index is 1.75. The van der Waals surface area contributed by atoms with E-state index in [-0.39, 0.29) is 11.8 Å². The van der Waals surface area contributed by atoms with Crippen LogP contribution in [0.5, 0.6) is 0 Å². The molecule has 2 aliphatic rings. The second kappa shape index (κ2) is 6.13. The number of fused-ring (bicyclic) bond motifs is 1. The molecular weight excluding hydrogens is 352 g/mol. The van der Waals surface area contributed by atoms with Gasteiger partial charge in [0.1, 0.15) is 4.32 Å². The van der Waals surface area contributed by atoms with Gasteiger partial charge in [0.15, 0.2) is 0 Å². The fourth-order valence-corrected chi connectivity index (χ4v) is 4.37. The van der Waals surface area contributed by atoms with E-state index in [2.05, 4.69) is 0 Å². The minimum Gasteiger partial charge on any atom is -0.311 e. The van der Waals surface area contributed by atoms with Crippen LogP contribution in [-0.4, -0.2) is 28.1 Å². The molecule has 4 nitrogen and oxygen atoms in total. The number of amides is 2. The van der Waals surface area contributed by atoms with E-state index >= 15 is 0 Å². The molecule has 0 bridgehead atoms. The van der Waals surface area contributed by atoms with Crippen molar-refractivity contribution < 1.29 is 9.59 Å². The van der Waals surface area contributed by atoms with Gasteiger partial charge in [-0.15, -0.1) is 0 Å².